The summed E-state index contributed by atoms with van der Waals surface area (Å²) >= 11 is 0. The Morgan fingerprint density at radius 2 is 1.74 bits per heavy atom. The van der Waals surface area contributed by atoms with Crippen LogP contribution in [0.2, 0.25) is 0 Å². The number of nitrogens with zero attached hydrogens (tertiary/aromatic N) is 2. The Morgan fingerprint density at radius 1 is 1.06 bits per heavy atom. The molecule has 0 saturated carbocycles. The van der Waals surface area contributed by atoms with Gasteiger partial charge in [-0.25, -0.2) is 4.79 Å². The van der Waals surface area contributed by atoms with Crippen molar-refractivity contribution in [3.63, 3.8) is 0 Å². The highest BCUT2D eigenvalue weighted by Gasteiger charge is 2.23. The Morgan fingerprint density at radius 3 is 2.35 bits per heavy atom. The van der Waals surface area contributed by atoms with Crippen LogP contribution in [0.15, 0.2) is 48.5 Å². The maximum atomic E-state index is 12.5. The van der Waals surface area contributed by atoms with E-state index in [1.165, 1.54) is 5.69 Å². The zero-order valence-corrected chi connectivity index (χ0v) is 18.9. The van der Waals surface area contributed by atoms with Crippen molar-refractivity contribution in [1.82, 2.24) is 15.5 Å². The minimum Gasteiger partial charge on any atom is -0.497 e. The van der Waals surface area contributed by atoms with Crippen molar-refractivity contribution < 1.29 is 14.3 Å². The highest BCUT2D eigenvalue weighted by atomic mass is 16.5. The Labute approximate surface area is 185 Å². The second-order valence-corrected chi connectivity index (χ2v) is 8.04. The molecule has 0 aliphatic carbocycles. The molecule has 1 fully saturated rings. The van der Waals surface area contributed by atoms with Crippen LogP contribution >= 0.6 is 0 Å². The van der Waals surface area contributed by atoms with Crippen LogP contribution in [0.3, 0.4) is 0 Å². The normalized spacial score (nSPS) is 15.5. The van der Waals surface area contributed by atoms with E-state index in [9.17, 15) is 4.79 Å². The van der Waals surface area contributed by atoms with Gasteiger partial charge in [0.05, 0.1) is 20.3 Å². The molecule has 0 bridgehead atoms. The second-order valence-electron chi connectivity index (χ2n) is 8.04. The molecule has 2 amide bonds. The first-order valence-corrected chi connectivity index (χ1v) is 10.7. The summed E-state index contributed by atoms with van der Waals surface area (Å²) < 4.78 is 10.7. The van der Waals surface area contributed by atoms with Crippen LogP contribution in [0.5, 0.6) is 11.5 Å². The van der Waals surface area contributed by atoms with Gasteiger partial charge in [-0.3, -0.25) is 0 Å². The van der Waals surface area contributed by atoms with Gasteiger partial charge in [-0.1, -0.05) is 18.2 Å². The molecule has 7 nitrogen and oxygen atoms in total. The molecule has 2 N–H and O–H groups in total. The highest BCUT2D eigenvalue weighted by molar-refractivity contribution is 5.74. The van der Waals surface area contributed by atoms with Gasteiger partial charge >= 0.3 is 6.03 Å². The van der Waals surface area contributed by atoms with Crippen molar-refractivity contribution in [3.05, 3.63) is 54.1 Å². The number of likely N-dealkylation sites (N-methyl/N-ethyl adjacent to an activating group) is 1. The fourth-order valence-electron chi connectivity index (χ4n) is 4.01. The number of carbonyl (C=O) groups is 1. The van der Waals surface area contributed by atoms with Crippen LogP contribution in [0, 0.1) is 0 Å². The van der Waals surface area contributed by atoms with Gasteiger partial charge in [-0.15, -0.1) is 0 Å². The molecule has 3 rings (SSSR count). The number of methoxy groups -OCH3 is 2. The van der Waals surface area contributed by atoms with Crippen LogP contribution < -0.4 is 25.0 Å². The summed E-state index contributed by atoms with van der Waals surface area (Å²) in [7, 11) is 7.36. The third-order valence-corrected chi connectivity index (χ3v) is 5.84. The molecule has 7 heteroatoms. The average molecular weight is 427 g/mol. The SMILES string of the molecule is COc1ccc(N2CCC(NC(=O)NCC(c3ccccc3OC)N(C)C)CC2)cc1. The lowest BCUT2D eigenvalue weighted by molar-refractivity contribution is 0.226. The molecule has 2 aromatic rings. The highest BCUT2D eigenvalue weighted by Crippen LogP contribution is 2.27. The predicted molar refractivity (Wildman–Crippen MR) is 124 cm³/mol. The number of anilines is 1. The van der Waals surface area contributed by atoms with Crippen molar-refractivity contribution in [2.75, 3.05) is 52.8 Å². The van der Waals surface area contributed by atoms with E-state index >= 15 is 0 Å². The summed E-state index contributed by atoms with van der Waals surface area (Å²) in [6.45, 7) is 2.33. The number of carbonyl (C=O) groups excluding carboxylic acids is 1. The Hall–Kier alpha value is -2.93. The molecular weight excluding hydrogens is 392 g/mol. The molecule has 1 atom stereocenters. The number of piperidine rings is 1. The van der Waals surface area contributed by atoms with Gasteiger partial charge in [0.1, 0.15) is 11.5 Å². The van der Waals surface area contributed by atoms with Gasteiger partial charge in [-0.2, -0.15) is 0 Å². The minimum absolute atomic E-state index is 0.0267. The van der Waals surface area contributed by atoms with E-state index in [4.69, 9.17) is 9.47 Å². The molecule has 1 aliphatic heterocycles. The monoisotopic (exact) mass is 426 g/mol. The average Bonchev–Trinajstić information content (AvgIpc) is 2.80. The van der Waals surface area contributed by atoms with Crippen LogP contribution in [0.4, 0.5) is 10.5 Å². The molecular formula is C24H34N4O3. The summed E-state index contributed by atoms with van der Waals surface area (Å²) in [6, 6.07) is 16.1. The number of benzene rings is 2. The van der Waals surface area contributed by atoms with Gasteiger partial charge in [0.2, 0.25) is 0 Å². The smallest absolute Gasteiger partial charge is 0.315 e. The first kappa shape index (κ1) is 22.7. The van der Waals surface area contributed by atoms with E-state index in [-0.39, 0.29) is 18.1 Å². The third-order valence-electron chi connectivity index (χ3n) is 5.84. The molecule has 0 spiro atoms. The maximum absolute atomic E-state index is 12.5. The van der Waals surface area contributed by atoms with E-state index in [1.807, 2.05) is 50.5 Å². The van der Waals surface area contributed by atoms with Gasteiger partial charge < -0.3 is 29.9 Å². The van der Waals surface area contributed by atoms with Crippen LogP contribution in [-0.4, -0.2) is 64.9 Å². The second kappa shape index (κ2) is 10.9. The number of ether oxygens (including phenoxy) is 2. The fourth-order valence-corrected chi connectivity index (χ4v) is 4.01. The number of amides is 2. The lowest BCUT2D eigenvalue weighted by Gasteiger charge is -2.34. The van der Waals surface area contributed by atoms with Crippen molar-refractivity contribution in [3.8, 4) is 11.5 Å². The van der Waals surface area contributed by atoms with E-state index in [1.54, 1.807) is 14.2 Å². The van der Waals surface area contributed by atoms with Crippen LogP contribution in [-0.2, 0) is 0 Å². The molecule has 168 valence electrons. The summed E-state index contributed by atoms with van der Waals surface area (Å²) in [5, 5.41) is 6.18. The maximum Gasteiger partial charge on any atom is 0.315 e. The van der Waals surface area contributed by atoms with Gasteiger partial charge in [0.15, 0.2) is 0 Å². The van der Waals surface area contributed by atoms with E-state index in [0.717, 1.165) is 43.0 Å². The summed E-state index contributed by atoms with van der Waals surface area (Å²) in [4.78, 5) is 17.0. The molecule has 1 saturated heterocycles. The Bertz CT molecular complexity index is 833. The van der Waals surface area contributed by atoms with Crippen LogP contribution in [0.25, 0.3) is 0 Å². The molecule has 31 heavy (non-hydrogen) atoms. The van der Waals surface area contributed by atoms with Crippen LogP contribution in [0.1, 0.15) is 24.4 Å². The Kier molecular flexibility index (Phi) is 8.00. The minimum atomic E-state index is -0.121. The first-order chi connectivity index (χ1) is 15.0. The van der Waals surface area contributed by atoms with Crippen molar-refractivity contribution in [2.45, 2.75) is 24.9 Å². The number of urea groups is 1. The quantitative estimate of drug-likeness (QED) is 0.678. The number of hydrogen-bond donors (Lipinski definition) is 2. The topological polar surface area (TPSA) is 66.1 Å². The number of rotatable bonds is 8. The van der Waals surface area contributed by atoms with E-state index in [0.29, 0.717) is 6.54 Å². The van der Waals surface area contributed by atoms with E-state index < -0.39 is 0 Å². The van der Waals surface area contributed by atoms with Crippen molar-refractivity contribution in [2.24, 2.45) is 0 Å². The zero-order valence-electron chi connectivity index (χ0n) is 18.9. The van der Waals surface area contributed by atoms with Crippen molar-refractivity contribution >= 4 is 11.7 Å². The van der Waals surface area contributed by atoms with Crippen molar-refractivity contribution in [1.29, 1.82) is 0 Å². The summed E-state index contributed by atoms with van der Waals surface area (Å²) in [5.41, 5.74) is 2.25. The lowest BCUT2D eigenvalue weighted by Crippen LogP contribution is -2.49. The zero-order chi connectivity index (χ0) is 22.2. The number of para-hydroxylation sites is 1. The molecule has 0 radical (unpaired) electrons. The van der Waals surface area contributed by atoms with Gasteiger partial charge in [0.25, 0.3) is 0 Å². The molecule has 1 unspecified atom stereocenters. The largest absolute Gasteiger partial charge is 0.497 e. The summed E-state index contributed by atoms with van der Waals surface area (Å²) in [5.74, 6) is 1.69. The Balaban J connectivity index is 1.48. The van der Waals surface area contributed by atoms with Gasteiger partial charge in [0, 0.05) is 36.9 Å². The number of hydrogen-bond acceptors (Lipinski definition) is 5. The summed E-state index contributed by atoms with van der Waals surface area (Å²) in [6.07, 6.45) is 1.84. The number of nitrogens with one attached hydrogen (secondary N) is 2. The predicted octanol–water partition coefficient (Wildman–Crippen LogP) is 3.27. The lowest BCUT2D eigenvalue weighted by atomic mass is 10.0. The first-order valence-electron chi connectivity index (χ1n) is 10.7. The standard InChI is InChI=1S/C24H34N4O3/c1-27(2)22(21-7-5-6-8-23(21)31-4)17-25-24(29)26-18-13-15-28(16-14-18)19-9-11-20(30-3)12-10-19/h5-12,18,22H,13-17H2,1-4H3,(H2,25,26,29). The molecule has 0 aromatic heterocycles. The molecule has 1 aliphatic rings. The fraction of sp³-hybridized carbons (Fsp3) is 0.458. The van der Waals surface area contributed by atoms with Gasteiger partial charge in [-0.05, 0) is 57.3 Å². The van der Waals surface area contributed by atoms with E-state index in [2.05, 4.69) is 32.6 Å². The third kappa shape index (κ3) is 6.04. The molecule has 2 aromatic carbocycles. The molecule has 1 heterocycles.